The van der Waals surface area contributed by atoms with Crippen LogP contribution in [0.3, 0.4) is 0 Å². The molecule has 0 aliphatic rings. The lowest BCUT2D eigenvalue weighted by molar-refractivity contribution is 0.0920. The van der Waals surface area contributed by atoms with Crippen molar-refractivity contribution in [3.05, 3.63) is 81.3 Å². The van der Waals surface area contributed by atoms with E-state index in [4.69, 9.17) is 16.3 Å². The Balaban J connectivity index is 1.46. The van der Waals surface area contributed by atoms with E-state index in [2.05, 4.69) is 10.4 Å². The fourth-order valence-corrected chi connectivity index (χ4v) is 4.52. The van der Waals surface area contributed by atoms with Gasteiger partial charge in [-0.25, -0.2) is 0 Å². The highest BCUT2D eigenvalue weighted by Crippen LogP contribution is 2.29. The Morgan fingerprint density at radius 3 is 2.61 bits per heavy atom. The summed E-state index contributed by atoms with van der Waals surface area (Å²) in [6.07, 6.45) is -0.800. The van der Waals surface area contributed by atoms with Gasteiger partial charge in [-0.3, -0.25) is 9.48 Å². The molecule has 0 saturated heterocycles. The van der Waals surface area contributed by atoms with Crippen molar-refractivity contribution in [3.63, 3.8) is 0 Å². The molecule has 0 saturated carbocycles. The smallest absolute Gasteiger partial charge is 0.261 e. The molecule has 0 bridgehead atoms. The Morgan fingerprint density at radius 1 is 1.23 bits per heavy atom. The third kappa shape index (κ3) is 4.74. The Morgan fingerprint density at radius 2 is 1.94 bits per heavy atom. The third-order valence-electron chi connectivity index (χ3n) is 5.03. The number of nitrogens with zero attached hydrogens (tertiary/aromatic N) is 2. The molecule has 31 heavy (non-hydrogen) atoms. The number of methoxy groups -OCH3 is 1. The van der Waals surface area contributed by atoms with Crippen LogP contribution in [0.15, 0.2) is 54.6 Å². The van der Waals surface area contributed by atoms with Crippen molar-refractivity contribution in [1.29, 1.82) is 0 Å². The summed E-state index contributed by atoms with van der Waals surface area (Å²) >= 11 is 7.36. The average molecular weight is 456 g/mol. The molecule has 1 atom stereocenters. The Hall–Kier alpha value is -2.87. The molecule has 2 aromatic heterocycles. The Kier molecular flexibility index (Phi) is 6.27. The highest BCUT2D eigenvalue weighted by atomic mass is 35.5. The first-order valence-corrected chi connectivity index (χ1v) is 11.0. The van der Waals surface area contributed by atoms with Crippen LogP contribution in [0.4, 0.5) is 0 Å². The lowest BCUT2D eigenvalue weighted by atomic mass is 10.1. The summed E-state index contributed by atoms with van der Waals surface area (Å²) in [6.45, 7) is 2.65. The van der Waals surface area contributed by atoms with Crippen LogP contribution in [0.25, 0.3) is 10.2 Å². The number of nitrogens with one attached hydrogen (secondary N) is 1. The number of aliphatic hydroxyl groups is 1. The second-order valence-corrected chi connectivity index (χ2v) is 8.67. The molecule has 2 aromatic carbocycles. The van der Waals surface area contributed by atoms with Crippen LogP contribution in [0.5, 0.6) is 5.75 Å². The van der Waals surface area contributed by atoms with Gasteiger partial charge in [-0.05, 0) is 48.4 Å². The topological polar surface area (TPSA) is 76.4 Å². The molecular weight excluding hydrogens is 434 g/mol. The van der Waals surface area contributed by atoms with E-state index in [0.717, 1.165) is 21.5 Å². The number of hydrogen-bond donors (Lipinski definition) is 2. The van der Waals surface area contributed by atoms with Gasteiger partial charge in [0.15, 0.2) is 0 Å². The van der Waals surface area contributed by atoms with Crippen molar-refractivity contribution in [1.82, 2.24) is 15.1 Å². The van der Waals surface area contributed by atoms with Crippen LogP contribution in [-0.2, 0) is 6.54 Å². The number of benzene rings is 2. The van der Waals surface area contributed by atoms with E-state index >= 15 is 0 Å². The van der Waals surface area contributed by atoms with Crippen LogP contribution in [0.2, 0.25) is 5.02 Å². The maximum Gasteiger partial charge on any atom is 0.261 e. The van der Waals surface area contributed by atoms with E-state index in [1.165, 1.54) is 11.3 Å². The zero-order chi connectivity index (χ0) is 22.0. The lowest BCUT2D eigenvalue weighted by Gasteiger charge is -2.12. The van der Waals surface area contributed by atoms with Gasteiger partial charge in [-0.2, -0.15) is 5.10 Å². The van der Waals surface area contributed by atoms with Crippen LogP contribution in [-0.4, -0.2) is 34.4 Å². The molecule has 0 aliphatic heterocycles. The minimum absolute atomic E-state index is 0.120. The first kappa shape index (κ1) is 21.4. The van der Waals surface area contributed by atoms with Gasteiger partial charge in [0.1, 0.15) is 10.6 Å². The number of amides is 1. The van der Waals surface area contributed by atoms with E-state index in [9.17, 15) is 9.90 Å². The summed E-state index contributed by atoms with van der Waals surface area (Å²) in [5.74, 6) is 0.500. The molecule has 0 radical (unpaired) electrons. The standard InChI is InChI=1S/C23H22ClN3O3S/c1-14-19-11-21(22(29)25-12-20(28)16-5-9-18(30-2)10-6-16)31-23(19)27(26-14)13-15-3-7-17(24)8-4-15/h3-11,20,28H,12-13H2,1-2H3,(H,25,29). The van der Waals surface area contributed by atoms with Crippen molar-refractivity contribution in [2.75, 3.05) is 13.7 Å². The number of carbonyl (C=O) groups is 1. The van der Waals surface area contributed by atoms with E-state index in [1.54, 1.807) is 31.4 Å². The zero-order valence-electron chi connectivity index (χ0n) is 17.1. The highest BCUT2D eigenvalue weighted by molar-refractivity contribution is 7.20. The predicted octanol–water partition coefficient (Wildman–Crippen LogP) is 4.58. The molecule has 0 spiro atoms. The maximum atomic E-state index is 12.7. The molecule has 1 unspecified atom stereocenters. The largest absolute Gasteiger partial charge is 0.497 e. The van der Waals surface area contributed by atoms with Crippen molar-refractivity contribution < 1.29 is 14.6 Å². The number of carbonyl (C=O) groups excluding carboxylic acids is 1. The van der Waals surface area contributed by atoms with Gasteiger partial charge in [0.05, 0.1) is 30.3 Å². The lowest BCUT2D eigenvalue weighted by Crippen LogP contribution is -2.27. The summed E-state index contributed by atoms with van der Waals surface area (Å²) in [4.78, 5) is 14.2. The summed E-state index contributed by atoms with van der Waals surface area (Å²) < 4.78 is 7.03. The second-order valence-electron chi connectivity index (χ2n) is 7.20. The average Bonchev–Trinajstić information content (AvgIpc) is 3.35. The molecule has 8 heteroatoms. The van der Waals surface area contributed by atoms with Crippen molar-refractivity contribution in [2.24, 2.45) is 0 Å². The molecule has 0 fully saturated rings. The fraction of sp³-hybridized carbons (Fsp3) is 0.217. The van der Waals surface area contributed by atoms with Gasteiger partial charge < -0.3 is 15.2 Å². The highest BCUT2D eigenvalue weighted by Gasteiger charge is 2.18. The third-order valence-corrected chi connectivity index (χ3v) is 6.43. The van der Waals surface area contributed by atoms with Crippen LogP contribution < -0.4 is 10.1 Å². The Labute approximate surface area is 189 Å². The summed E-state index contributed by atoms with van der Waals surface area (Å²) in [6, 6.07) is 16.6. The van der Waals surface area contributed by atoms with E-state index in [1.807, 2.05) is 41.9 Å². The van der Waals surface area contributed by atoms with Crippen LogP contribution >= 0.6 is 22.9 Å². The molecule has 4 aromatic rings. The van der Waals surface area contributed by atoms with E-state index in [-0.39, 0.29) is 12.5 Å². The molecule has 1 amide bonds. The number of halogens is 1. The number of ether oxygens (including phenoxy) is 1. The summed E-state index contributed by atoms with van der Waals surface area (Å²) in [7, 11) is 1.59. The van der Waals surface area contributed by atoms with Gasteiger partial charge in [0.25, 0.3) is 5.91 Å². The molecular formula is C23H22ClN3O3S. The van der Waals surface area contributed by atoms with Crippen molar-refractivity contribution >= 4 is 39.1 Å². The molecule has 4 rings (SSSR count). The molecule has 160 valence electrons. The fourth-order valence-electron chi connectivity index (χ4n) is 3.31. The van der Waals surface area contributed by atoms with Gasteiger partial charge in [0, 0.05) is 17.0 Å². The quantitative estimate of drug-likeness (QED) is 0.427. The van der Waals surface area contributed by atoms with Gasteiger partial charge in [-0.15, -0.1) is 11.3 Å². The number of aromatic nitrogens is 2. The minimum atomic E-state index is -0.800. The molecule has 6 nitrogen and oxygen atoms in total. The number of aryl methyl sites for hydroxylation is 1. The van der Waals surface area contributed by atoms with Gasteiger partial charge in [0.2, 0.25) is 0 Å². The van der Waals surface area contributed by atoms with Crippen molar-refractivity contribution in [2.45, 2.75) is 19.6 Å². The predicted molar refractivity (Wildman–Crippen MR) is 123 cm³/mol. The summed E-state index contributed by atoms with van der Waals surface area (Å²) in [5.41, 5.74) is 2.67. The van der Waals surface area contributed by atoms with E-state index in [0.29, 0.717) is 27.8 Å². The van der Waals surface area contributed by atoms with Crippen LogP contribution in [0, 0.1) is 6.92 Å². The maximum absolute atomic E-state index is 12.7. The number of aliphatic hydroxyl groups excluding tert-OH is 1. The molecule has 2 N–H and O–H groups in total. The molecule has 0 aliphatic carbocycles. The molecule has 2 heterocycles. The van der Waals surface area contributed by atoms with Crippen molar-refractivity contribution in [3.8, 4) is 5.75 Å². The van der Waals surface area contributed by atoms with Gasteiger partial charge >= 0.3 is 0 Å². The number of thiophene rings is 1. The van der Waals surface area contributed by atoms with Gasteiger partial charge in [-0.1, -0.05) is 35.9 Å². The first-order valence-electron chi connectivity index (χ1n) is 9.76. The summed E-state index contributed by atoms with van der Waals surface area (Å²) in [5, 5.41) is 19.5. The zero-order valence-corrected chi connectivity index (χ0v) is 18.7. The van der Waals surface area contributed by atoms with Crippen LogP contribution in [0.1, 0.15) is 32.6 Å². The Bertz CT molecular complexity index is 1200. The monoisotopic (exact) mass is 455 g/mol. The number of rotatable bonds is 7. The first-order chi connectivity index (χ1) is 14.9. The second kappa shape index (κ2) is 9.09. The number of hydrogen-bond acceptors (Lipinski definition) is 5. The SMILES string of the molecule is COc1ccc(C(O)CNC(=O)c2cc3c(C)nn(Cc4ccc(Cl)cc4)c3s2)cc1. The normalized spacial score (nSPS) is 12.1. The van der Waals surface area contributed by atoms with E-state index < -0.39 is 6.10 Å². The minimum Gasteiger partial charge on any atom is -0.497 e. The number of fused-ring (bicyclic) bond motifs is 1.